The zero-order valence-electron chi connectivity index (χ0n) is 14.1. The molecule has 98 valence electrons. The van der Waals surface area contributed by atoms with Gasteiger partial charge in [-0.1, -0.05) is 0 Å². The molecule has 0 aliphatic rings. The van der Waals surface area contributed by atoms with Gasteiger partial charge in [-0.3, -0.25) is 9.59 Å². The van der Waals surface area contributed by atoms with Crippen molar-refractivity contribution in [2.24, 2.45) is 0 Å². The number of aromatic hydroxyl groups is 2. The monoisotopic (exact) mass is 289 g/mol. The molecule has 1 heterocycles. The first-order chi connectivity index (χ1) is 7.77. The van der Waals surface area contributed by atoms with E-state index in [0.29, 0.717) is 0 Å². The fraction of sp³-hybridized carbons (Fsp3) is 0.400. The zero-order valence-corrected chi connectivity index (χ0v) is 16.1. The van der Waals surface area contributed by atoms with Crippen molar-refractivity contribution in [3.05, 3.63) is 11.4 Å². The van der Waals surface area contributed by atoms with Gasteiger partial charge in [0.15, 0.2) is 22.9 Å². The van der Waals surface area contributed by atoms with Crippen LogP contribution in [-0.4, -0.2) is 65.0 Å². The normalized spacial score (nSPS) is 9.05. The summed E-state index contributed by atoms with van der Waals surface area (Å²) < 4.78 is 0. The molecule has 3 N–H and O–H groups in total. The molecule has 0 saturated heterocycles. The number of H-pyrrole nitrogens is 1. The molecule has 9 heteroatoms. The van der Waals surface area contributed by atoms with E-state index in [2.05, 4.69) is 4.98 Å². The number of rotatable bonds is 2. The summed E-state index contributed by atoms with van der Waals surface area (Å²) >= 11 is 0. The predicted molar refractivity (Wildman–Crippen MR) is 62.4 cm³/mol. The Kier molecular flexibility index (Phi) is 9.10. The van der Waals surface area contributed by atoms with Gasteiger partial charge in [-0.2, -0.15) is 0 Å². The van der Waals surface area contributed by atoms with Crippen LogP contribution in [-0.2, 0) is 0 Å². The van der Waals surface area contributed by atoms with Crippen LogP contribution >= 0.6 is 0 Å². The van der Waals surface area contributed by atoms with Gasteiger partial charge in [0.1, 0.15) is 0 Å². The Hall–Kier alpha value is -0.180. The molecule has 0 unspecified atom stereocenters. The largest absolute Gasteiger partial charge is 1.00 e. The average Bonchev–Trinajstić information content (AvgIpc) is 2.54. The zero-order chi connectivity index (χ0) is 13.3. The number of hydrogen-bond acceptors (Lipinski definition) is 4. The van der Waals surface area contributed by atoms with Gasteiger partial charge in [0.2, 0.25) is 0 Å². The molecule has 0 spiro atoms. The molecule has 2 amide bonds. The van der Waals surface area contributed by atoms with E-state index in [-0.39, 0.29) is 73.4 Å². The Morgan fingerprint density at radius 3 is 1.37 bits per heavy atom. The van der Waals surface area contributed by atoms with E-state index in [1.165, 1.54) is 38.0 Å². The molecule has 0 radical (unpaired) electrons. The Labute approximate surface area is 158 Å². The molecule has 0 fully saturated rings. The van der Waals surface area contributed by atoms with Crippen molar-refractivity contribution in [2.45, 2.75) is 0 Å². The van der Waals surface area contributed by atoms with Crippen molar-refractivity contribution in [3.63, 3.8) is 0 Å². The molecule has 1 aromatic heterocycles. The van der Waals surface area contributed by atoms with E-state index in [1.807, 2.05) is 0 Å². The van der Waals surface area contributed by atoms with Gasteiger partial charge in [0, 0.05) is 28.2 Å². The summed E-state index contributed by atoms with van der Waals surface area (Å²) in [4.78, 5) is 28.1. The summed E-state index contributed by atoms with van der Waals surface area (Å²) in [7, 11) is 5.97. The minimum atomic E-state index is -0.617. The first kappa shape index (κ1) is 21.1. The molecule has 1 rings (SSSR count). The van der Waals surface area contributed by atoms with Crippen LogP contribution in [0, 0.1) is 0 Å². The molecule has 7 nitrogen and oxygen atoms in total. The van der Waals surface area contributed by atoms with Crippen LogP contribution < -0.4 is 59.1 Å². The van der Waals surface area contributed by atoms with Gasteiger partial charge in [0.05, 0.1) is 0 Å². The maximum atomic E-state index is 11.6. The Bertz CT molecular complexity index is 441. The molecule has 0 atom stereocenters. The summed E-state index contributed by atoms with van der Waals surface area (Å²) in [5, 5.41) is 19.1. The van der Waals surface area contributed by atoms with Gasteiger partial charge in [0.25, 0.3) is 11.8 Å². The fourth-order valence-corrected chi connectivity index (χ4v) is 1.24. The summed E-state index contributed by atoms with van der Waals surface area (Å²) in [5.41, 5.74) is -0.421. The third-order valence-corrected chi connectivity index (χ3v) is 2.19. The maximum absolute atomic E-state index is 11.6. The van der Waals surface area contributed by atoms with E-state index < -0.39 is 23.3 Å². The van der Waals surface area contributed by atoms with Gasteiger partial charge in [-0.05, 0) is 0 Å². The summed E-state index contributed by atoms with van der Waals surface area (Å²) in [6.45, 7) is 0. The molecular weight excluding hydrogens is 272 g/mol. The van der Waals surface area contributed by atoms with Crippen LogP contribution in [0.15, 0.2) is 0 Å². The van der Waals surface area contributed by atoms with Crippen LogP contribution in [0.2, 0.25) is 0 Å². The van der Waals surface area contributed by atoms with Crippen molar-refractivity contribution in [1.29, 1.82) is 0 Å². The van der Waals surface area contributed by atoms with Crippen LogP contribution in [0.4, 0.5) is 0 Å². The second kappa shape index (κ2) is 8.18. The number of hydrogen-bond donors (Lipinski definition) is 3. The molecule has 0 aliphatic carbocycles. The van der Waals surface area contributed by atoms with Gasteiger partial charge in [-0.15, -0.1) is 0 Å². The quantitative estimate of drug-likeness (QED) is 0.472. The topological polar surface area (TPSA) is 96.9 Å². The third kappa shape index (κ3) is 4.40. The first-order valence-electron chi connectivity index (χ1n) is 4.84. The number of aromatic nitrogens is 1. The summed E-state index contributed by atoms with van der Waals surface area (Å²) in [6, 6.07) is 0. The predicted octanol–water partition coefficient (Wildman–Crippen LogP) is -5.94. The number of aromatic amines is 1. The van der Waals surface area contributed by atoms with E-state index in [9.17, 15) is 19.8 Å². The van der Waals surface area contributed by atoms with Crippen LogP contribution in [0.5, 0.6) is 11.5 Å². The number of amides is 2. The van der Waals surface area contributed by atoms with Crippen LogP contribution in [0.3, 0.4) is 0 Å². The van der Waals surface area contributed by atoms with E-state index in [4.69, 9.17) is 0 Å². The molecule has 0 aliphatic heterocycles. The van der Waals surface area contributed by atoms with Gasteiger partial charge >= 0.3 is 59.1 Å². The molecule has 19 heavy (non-hydrogen) atoms. The average molecular weight is 289 g/mol. The Morgan fingerprint density at radius 2 is 1.16 bits per heavy atom. The summed E-state index contributed by atoms with van der Waals surface area (Å²) in [5.74, 6) is -2.30. The van der Waals surface area contributed by atoms with E-state index in [0.717, 1.165) is 0 Å². The van der Waals surface area contributed by atoms with Crippen molar-refractivity contribution in [2.75, 3.05) is 28.2 Å². The van der Waals surface area contributed by atoms with Gasteiger partial charge in [-0.25, -0.2) is 0 Å². The minimum Gasteiger partial charge on any atom is -1.00 e. The molecule has 1 aromatic rings. The molecular formula is C10H17N3Na2O4. The fourth-order valence-electron chi connectivity index (χ4n) is 1.24. The second-order valence-electron chi connectivity index (χ2n) is 3.97. The molecule has 0 aromatic carbocycles. The molecule has 0 bridgehead atoms. The standard InChI is InChI=1S/C10H15N3O4.2Na.2H/c1-12(2)9(16)5-7(14)8(15)6(11-5)10(17)13(3)4;;;;/h11,14-15H,1-4H3;;;;/q;2*+1;2*-1. The van der Waals surface area contributed by atoms with Crippen molar-refractivity contribution >= 4 is 11.8 Å². The number of carbonyl (C=O) groups is 2. The summed E-state index contributed by atoms with van der Waals surface area (Å²) in [6.07, 6.45) is 0. The van der Waals surface area contributed by atoms with Gasteiger partial charge < -0.3 is 27.9 Å². The SMILES string of the molecule is CN(C)C(=O)c1[nH]c(C(=O)N(C)C)c(O)c1O.[H-].[H-].[Na+].[Na+]. The smallest absolute Gasteiger partial charge is 1.00 e. The molecule has 0 saturated carbocycles. The Balaban J connectivity index is -0.000000361. The van der Waals surface area contributed by atoms with Crippen LogP contribution in [0.1, 0.15) is 23.8 Å². The Morgan fingerprint density at radius 1 is 0.895 bits per heavy atom. The van der Waals surface area contributed by atoms with Crippen molar-refractivity contribution < 1.29 is 81.8 Å². The third-order valence-electron chi connectivity index (χ3n) is 2.19. The number of nitrogens with zero attached hydrogens (tertiary/aromatic N) is 2. The van der Waals surface area contributed by atoms with E-state index >= 15 is 0 Å². The minimum absolute atomic E-state index is 0. The maximum Gasteiger partial charge on any atom is 1.00 e. The second-order valence-corrected chi connectivity index (χ2v) is 3.97. The van der Waals surface area contributed by atoms with Crippen molar-refractivity contribution in [3.8, 4) is 11.5 Å². The van der Waals surface area contributed by atoms with E-state index in [1.54, 1.807) is 0 Å². The first-order valence-corrected chi connectivity index (χ1v) is 4.84. The number of nitrogens with one attached hydrogen (secondary N) is 1. The van der Waals surface area contributed by atoms with Crippen molar-refractivity contribution in [1.82, 2.24) is 14.8 Å². The number of carbonyl (C=O) groups excluding carboxylic acids is 2. The van der Waals surface area contributed by atoms with Crippen LogP contribution in [0.25, 0.3) is 0 Å².